The summed E-state index contributed by atoms with van der Waals surface area (Å²) in [5, 5.41) is 13.5. The Morgan fingerprint density at radius 3 is 2.71 bits per heavy atom. The van der Waals surface area contributed by atoms with Crippen LogP contribution in [-0.4, -0.2) is 5.11 Å². The normalized spacial score (nSPS) is 26.0. The molecule has 2 N–H and O–H groups in total. The van der Waals surface area contributed by atoms with E-state index in [1.54, 1.807) is 18.2 Å². The van der Waals surface area contributed by atoms with Crippen LogP contribution in [0, 0.1) is 11.7 Å². The van der Waals surface area contributed by atoms with Crippen LogP contribution in [0.2, 0.25) is 0 Å². The molecule has 0 saturated carbocycles. The van der Waals surface area contributed by atoms with E-state index < -0.39 is 0 Å². The molecule has 0 aromatic heterocycles. The lowest BCUT2D eigenvalue weighted by atomic mass is 9.77. The van der Waals surface area contributed by atoms with E-state index in [0.29, 0.717) is 11.6 Å². The minimum atomic E-state index is -0.230. The number of halogens is 1. The first-order chi connectivity index (χ1) is 10.3. The van der Waals surface area contributed by atoms with Crippen LogP contribution in [0.25, 0.3) is 0 Å². The van der Waals surface area contributed by atoms with Gasteiger partial charge in [0.1, 0.15) is 11.6 Å². The third kappa shape index (κ3) is 1.84. The van der Waals surface area contributed by atoms with Crippen molar-refractivity contribution in [3.63, 3.8) is 0 Å². The summed E-state index contributed by atoms with van der Waals surface area (Å²) in [5.41, 5.74) is 2.42. The number of benzene rings is 2. The van der Waals surface area contributed by atoms with Crippen LogP contribution in [0.15, 0.2) is 54.6 Å². The van der Waals surface area contributed by atoms with Crippen LogP contribution < -0.4 is 5.32 Å². The van der Waals surface area contributed by atoms with Crippen molar-refractivity contribution in [2.75, 3.05) is 5.32 Å². The van der Waals surface area contributed by atoms with E-state index in [9.17, 15) is 9.50 Å². The zero-order chi connectivity index (χ0) is 14.4. The summed E-state index contributed by atoms with van der Waals surface area (Å²) in [6, 6.07) is 12.5. The fourth-order valence-electron chi connectivity index (χ4n) is 3.64. The summed E-state index contributed by atoms with van der Waals surface area (Å²) >= 11 is 0. The Morgan fingerprint density at radius 1 is 1.05 bits per heavy atom. The summed E-state index contributed by atoms with van der Waals surface area (Å²) in [6.07, 6.45) is 5.26. The smallest absolute Gasteiger partial charge is 0.146 e. The molecule has 0 bridgehead atoms. The highest BCUT2D eigenvalue weighted by atomic mass is 19.1. The lowest BCUT2D eigenvalue weighted by Gasteiger charge is -2.37. The Kier molecular flexibility index (Phi) is 2.74. The van der Waals surface area contributed by atoms with Crippen LogP contribution in [0.4, 0.5) is 10.1 Å². The molecule has 3 atom stereocenters. The van der Waals surface area contributed by atoms with Gasteiger partial charge in [0.25, 0.3) is 0 Å². The maximum absolute atomic E-state index is 14.2. The Balaban J connectivity index is 1.85. The fourth-order valence-corrected chi connectivity index (χ4v) is 3.64. The van der Waals surface area contributed by atoms with Crippen molar-refractivity contribution in [2.45, 2.75) is 18.4 Å². The van der Waals surface area contributed by atoms with Crippen molar-refractivity contribution in [3.8, 4) is 5.75 Å². The van der Waals surface area contributed by atoms with Gasteiger partial charge in [-0.15, -0.1) is 0 Å². The van der Waals surface area contributed by atoms with Gasteiger partial charge in [-0.3, -0.25) is 0 Å². The minimum Gasteiger partial charge on any atom is -0.508 e. The quantitative estimate of drug-likeness (QED) is 0.761. The van der Waals surface area contributed by atoms with Gasteiger partial charge in [-0.1, -0.05) is 42.5 Å². The number of phenols is 1. The molecular formula is C18H16FNO. The number of hydrogen-bond acceptors (Lipinski definition) is 2. The number of fused-ring (bicyclic) bond motifs is 3. The Hall–Kier alpha value is -2.29. The maximum Gasteiger partial charge on any atom is 0.146 e. The second-order valence-electron chi connectivity index (χ2n) is 5.74. The molecule has 106 valence electrons. The topological polar surface area (TPSA) is 32.3 Å². The van der Waals surface area contributed by atoms with Crippen molar-refractivity contribution in [2.24, 2.45) is 5.92 Å². The highest BCUT2D eigenvalue weighted by Crippen LogP contribution is 2.51. The minimum absolute atomic E-state index is 0.0735. The van der Waals surface area contributed by atoms with Crippen molar-refractivity contribution < 1.29 is 9.50 Å². The van der Waals surface area contributed by atoms with E-state index in [4.69, 9.17) is 0 Å². The monoisotopic (exact) mass is 281 g/mol. The van der Waals surface area contributed by atoms with Gasteiger partial charge in [0.2, 0.25) is 0 Å². The van der Waals surface area contributed by atoms with E-state index >= 15 is 0 Å². The number of allylic oxidation sites excluding steroid dienone is 2. The first-order valence-corrected chi connectivity index (χ1v) is 7.25. The molecule has 0 fully saturated rings. The molecule has 0 amide bonds. The van der Waals surface area contributed by atoms with Crippen molar-refractivity contribution >= 4 is 5.69 Å². The summed E-state index contributed by atoms with van der Waals surface area (Å²) in [7, 11) is 0. The van der Waals surface area contributed by atoms with Gasteiger partial charge in [0.05, 0.1) is 11.7 Å². The molecule has 3 heteroatoms. The predicted octanol–water partition coefficient (Wildman–Crippen LogP) is 4.36. The van der Waals surface area contributed by atoms with Crippen molar-refractivity contribution in [1.29, 1.82) is 0 Å². The third-order valence-corrected chi connectivity index (χ3v) is 4.62. The van der Waals surface area contributed by atoms with Gasteiger partial charge < -0.3 is 10.4 Å². The molecule has 0 saturated heterocycles. The van der Waals surface area contributed by atoms with Crippen LogP contribution in [0.1, 0.15) is 29.5 Å². The van der Waals surface area contributed by atoms with Gasteiger partial charge in [0.15, 0.2) is 0 Å². The average Bonchev–Trinajstić information content (AvgIpc) is 2.97. The van der Waals surface area contributed by atoms with Gasteiger partial charge in [-0.2, -0.15) is 0 Å². The van der Waals surface area contributed by atoms with E-state index in [-0.39, 0.29) is 23.5 Å². The first kappa shape index (κ1) is 12.5. The number of phenolic OH excluding ortho intramolecular Hbond substituents is 1. The van der Waals surface area contributed by atoms with E-state index in [2.05, 4.69) is 17.5 Å². The Bertz CT molecular complexity index is 725. The maximum atomic E-state index is 14.2. The third-order valence-electron chi connectivity index (χ3n) is 4.62. The lowest BCUT2D eigenvalue weighted by molar-refractivity contribution is 0.399. The molecule has 21 heavy (non-hydrogen) atoms. The molecule has 1 aliphatic carbocycles. The SMILES string of the molecule is Oc1ccccc1C1Nc2c(F)cccc2C2C=CCC21. The molecule has 0 spiro atoms. The molecule has 2 aromatic rings. The summed E-state index contributed by atoms with van der Waals surface area (Å²) < 4.78 is 14.2. The molecule has 3 unspecified atom stereocenters. The second-order valence-corrected chi connectivity index (χ2v) is 5.74. The molecule has 2 nitrogen and oxygen atoms in total. The highest BCUT2D eigenvalue weighted by Gasteiger charge is 2.39. The molecule has 0 radical (unpaired) electrons. The summed E-state index contributed by atoms with van der Waals surface area (Å²) in [5.74, 6) is 0.557. The number of nitrogens with one attached hydrogen (secondary N) is 1. The van der Waals surface area contributed by atoms with E-state index in [1.165, 1.54) is 6.07 Å². The Labute approximate surface area is 122 Å². The molecule has 4 rings (SSSR count). The lowest BCUT2D eigenvalue weighted by Crippen LogP contribution is -2.29. The molecular weight excluding hydrogens is 265 g/mol. The van der Waals surface area contributed by atoms with Crippen molar-refractivity contribution in [3.05, 3.63) is 71.6 Å². The molecule has 2 aromatic carbocycles. The van der Waals surface area contributed by atoms with Gasteiger partial charge in [-0.25, -0.2) is 4.39 Å². The van der Waals surface area contributed by atoms with Gasteiger partial charge in [0, 0.05) is 11.5 Å². The zero-order valence-corrected chi connectivity index (χ0v) is 11.5. The average molecular weight is 281 g/mol. The summed E-state index contributed by atoms with van der Waals surface area (Å²) in [4.78, 5) is 0. The fraction of sp³-hybridized carbons (Fsp3) is 0.222. The Morgan fingerprint density at radius 2 is 1.86 bits per heavy atom. The van der Waals surface area contributed by atoms with Gasteiger partial charge >= 0.3 is 0 Å². The highest BCUT2D eigenvalue weighted by molar-refractivity contribution is 5.61. The van der Waals surface area contributed by atoms with Crippen LogP contribution in [-0.2, 0) is 0 Å². The van der Waals surface area contributed by atoms with E-state index in [1.807, 2.05) is 18.2 Å². The number of para-hydroxylation sites is 2. The van der Waals surface area contributed by atoms with Crippen molar-refractivity contribution in [1.82, 2.24) is 0 Å². The van der Waals surface area contributed by atoms with Gasteiger partial charge in [-0.05, 0) is 30.0 Å². The van der Waals surface area contributed by atoms with Crippen LogP contribution in [0.3, 0.4) is 0 Å². The van der Waals surface area contributed by atoms with E-state index in [0.717, 1.165) is 17.5 Å². The summed E-state index contributed by atoms with van der Waals surface area (Å²) in [6.45, 7) is 0. The van der Waals surface area contributed by atoms with Crippen LogP contribution in [0.5, 0.6) is 5.75 Å². The molecule has 1 heterocycles. The first-order valence-electron chi connectivity index (χ1n) is 7.25. The predicted molar refractivity (Wildman–Crippen MR) is 80.9 cm³/mol. The zero-order valence-electron chi connectivity index (χ0n) is 11.5. The number of hydrogen-bond donors (Lipinski definition) is 2. The number of rotatable bonds is 1. The largest absolute Gasteiger partial charge is 0.508 e. The molecule has 1 aliphatic heterocycles. The second kappa shape index (κ2) is 4.62. The van der Waals surface area contributed by atoms with Crippen LogP contribution >= 0.6 is 0 Å². The number of anilines is 1. The number of aromatic hydroxyl groups is 1. The standard InChI is InChI=1S/C18H16FNO/c19-15-9-4-8-13-11-6-3-7-12(11)17(20-18(13)15)14-5-1-2-10-16(14)21/h1-6,8-12,17,20-21H,7H2. The molecule has 2 aliphatic rings.